The van der Waals surface area contributed by atoms with Crippen molar-refractivity contribution in [2.45, 2.75) is 6.92 Å². The van der Waals surface area contributed by atoms with Gasteiger partial charge in [0.25, 0.3) is 5.91 Å². The van der Waals surface area contributed by atoms with E-state index in [0.717, 1.165) is 11.6 Å². The molecular weight excluding hydrogens is 330 g/mol. The molecule has 0 spiro atoms. The van der Waals surface area contributed by atoms with Gasteiger partial charge in [-0.1, -0.05) is 11.6 Å². The number of anilines is 2. The van der Waals surface area contributed by atoms with Crippen LogP contribution in [0, 0.1) is 18.6 Å². The van der Waals surface area contributed by atoms with Crippen molar-refractivity contribution in [1.29, 1.82) is 0 Å². The van der Waals surface area contributed by atoms with E-state index in [0.29, 0.717) is 16.1 Å². The van der Waals surface area contributed by atoms with Crippen molar-refractivity contribution >= 4 is 33.2 Å². The molecule has 3 N–H and O–H groups in total. The van der Waals surface area contributed by atoms with E-state index in [1.165, 1.54) is 0 Å². The quantitative estimate of drug-likeness (QED) is 0.815. The highest BCUT2D eigenvalue weighted by Crippen LogP contribution is 2.26. The second kappa shape index (κ2) is 5.58. The average molecular weight is 341 g/mol. The number of hydrogen-bond acceptors (Lipinski definition) is 2. The number of halogens is 3. The van der Waals surface area contributed by atoms with Crippen LogP contribution in [0.15, 0.2) is 34.8 Å². The molecule has 2 aromatic carbocycles. The van der Waals surface area contributed by atoms with E-state index in [1.807, 2.05) is 13.0 Å². The van der Waals surface area contributed by atoms with E-state index in [2.05, 4.69) is 21.2 Å². The lowest BCUT2D eigenvalue weighted by Crippen LogP contribution is -2.15. The zero-order chi connectivity index (χ0) is 14.9. The third-order valence-electron chi connectivity index (χ3n) is 2.69. The van der Waals surface area contributed by atoms with Crippen molar-refractivity contribution < 1.29 is 13.6 Å². The molecule has 2 rings (SSSR count). The van der Waals surface area contributed by atoms with E-state index in [-0.39, 0.29) is 11.4 Å². The first kappa shape index (κ1) is 14.5. The molecule has 0 saturated carbocycles. The van der Waals surface area contributed by atoms with Gasteiger partial charge in [0.05, 0.1) is 11.3 Å². The summed E-state index contributed by atoms with van der Waals surface area (Å²) in [6.45, 7) is 1.83. The Hall–Kier alpha value is -1.95. The molecule has 0 fully saturated rings. The van der Waals surface area contributed by atoms with Gasteiger partial charge < -0.3 is 11.1 Å². The zero-order valence-electron chi connectivity index (χ0n) is 10.5. The molecule has 3 nitrogen and oxygen atoms in total. The third-order valence-corrected chi connectivity index (χ3v) is 3.38. The van der Waals surface area contributed by atoms with Crippen LogP contribution in [0.3, 0.4) is 0 Å². The molecule has 104 valence electrons. The molecule has 0 saturated heterocycles. The van der Waals surface area contributed by atoms with E-state index in [9.17, 15) is 13.6 Å². The fourth-order valence-electron chi connectivity index (χ4n) is 1.72. The van der Waals surface area contributed by atoms with Gasteiger partial charge in [0, 0.05) is 10.5 Å². The first-order valence-corrected chi connectivity index (χ1v) is 6.50. The normalized spacial score (nSPS) is 10.4. The molecule has 2 aromatic rings. The highest BCUT2D eigenvalue weighted by Gasteiger charge is 2.15. The van der Waals surface area contributed by atoms with Crippen LogP contribution in [0.25, 0.3) is 0 Å². The van der Waals surface area contributed by atoms with Gasteiger partial charge in [-0.15, -0.1) is 0 Å². The summed E-state index contributed by atoms with van der Waals surface area (Å²) in [5.41, 5.74) is 6.33. The molecule has 0 aliphatic rings. The summed E-state index contributed by atoms with van der Waals surface area (Å²) in [6.07, 6.45) is 0. The monoisotopic (exact) mass is 340 g/mol. The Bertz CT molecular complexity index is 666. The third kappa shape index (κ3) is 2.96. The molecule has 1 amide bonds. The van der Waals surface area contributed by atoms with Crippen molar-refractivity contribution in [3.05, 3.63) is 57.6 Å². The number of carbonyl (C=O) groups is 1. The van der Waals surface area contributed by atoms with Gasteiger partial charge in [0.15, 0.2) is 5.82 Å². The Labute approximate surface area is 122 Å². The standard InChI is InChI=1S/C14H11BrF2N2O/c1-7-2-3-10(15)9(4-7)14(20)19-13-11(17)5-8(16)6-12(13)18/h2-6H,18H2,1H3,(H,19,20). The van der Waals surface area contributed by atoms with E-state index in [4.69, 9.17) is 5.73 Å². The van der Waals surface area contributed by atoms with Gasteiger partial charge in [-0.05, 0) is 41.1 Å². The zero-order valence-corrected chi connectivity index (χ0v) is 12.1. The second-order valence-corrected chi connectivity index (χ2v) is 5.14. The number of benzene rings is 2. The summed E-state index contributed by atoms with van der Waals surface area (Å²) in [5.74, 6) is -2.24. The maximum atomic E-state index is 13.6. The highest BCUT2D eigenvalue weighted by atomic mass is 79.9. The maximum absolute atomic E-state index is 13.6. The topological polar surface area (TPSA) is 55.1 Å². The molecule has 0 bridgehead atoms. The van der Waals surface area contributed by atoms with E-state index < -0.39 is 17.5 Å². The summed E-state index contributed by atoms with van der Waals surface area (Å²) in [6, 6.07) is 6.81. The van der Waals surface area contributed by atoms with E-state index >= 15 is 0 Å². The number of aryl methyl sites for hydroxylation is 1. The first-order chi connectivity index (χ1) is 9.38. The minimum Gasteiger partial charge on any atom is -0.397 e. The van der Waals surface area contributed by atoms with Crippen molar-refractivity contribution in [3.8, 4) is 0 Å². The number of amides is 1. The number of carbonyl (C=O) groups excluding carboxylic acids is 1. The van der Waals surface area contributed by atoms with Crippen molar-refractivity contribution in [3.63, 3.8) is 0 Å². The van der Waals surface area contributed by atoms with Gasteiger partial charge in [-0.2, -0.15) is 0 Å². The molecule has 0 atom stereocenters. The minimum atomic E-state index is -0.917. The van der Waals surface area contributed by atoms with Gasteiger partial charge in [0.2, 0.25) is 0 Å². The Morgan fingerprint density at radius 1 is 1.25 bits per heavy atom. The van der Waals surface area contributed by atoms with Crippen molar-refractivity contribution in [2.75, 3.05) is 11.1 Å². The molecule has 0 aromatic heterocycles. The summed E-state index contributed by atoms with van der Waals surface area (Å²) in [5, 5.41) is 2.35. The maximum Gasteiger partial charge on any atom is 0.256 e. The Morgan fingerprint density at radius 2 is 1.95 bits per heavy atom. The summed E-state index contributed by atoms with van der Waals surface area (Å²) < 4.78 is 27.1. The van der Waals surface area contributed by atoms with Crippen LogP contribution in [0.4, 0.5) is 20.2 Å². The van der Waals surface area contributed by atoms with Crippen LogP contribution < -0.4 is 11.1 Å². The molecule has 0 aliphatic carbocycles. The summed E-state index contributed by atoms with van der Waals surface area (Å²) in [7, 11) is 0. The molecule has 0 aliphatic heterocycles. The van der Waals surface area contributed by atoms with Crippen molar-refractivity contribution in [2.24, 2.45) is 0 Å². The lowest BCUT2D eigenvalue weighted by molar-refractivity contribution is 0.102. The van der Waals surface area contributed by atoms with Crippen LogP contribution >= 0.6 is 15.9 Å². The van der Waals surface area contributed by atoms with Gasteiger partial charge >= 0.3 is 0 Å². The summed E-state index contributed by atoms with van der Waals surface area (Å²) >= 11 is 3.25. The average Bonchev–Trinajstić information content (AvgIpc) is 2.36. The molecule has 0 heterocycles. The Kier molecular flexibility index (Phi) is 4.04. The minimum absolute atomic E-state index is 0.167. The van der Waals surface area contributed by atoms with Crippen LogP contribution in [0.5, 0.6) is 0 Å². The molecule has 0 unspecified atom stereocenters. The predicted octanol–water partition coefficient (Wildman–Crippen LogP) is 3.87. The van der Waals surface area contributed by atoms with Crippen LogP contribution in [0.1, 0.15) is 15.9 Å². The van der Waals surface area contributed by atoms with E-state index in [1.54, 1.807) is 12.1 Å². The molecule has 20 heavy (non-hydrogen) atoms. The SMILES string of the molecule is Cc1ccc(Br)c(C(=O)Nc2c(N)cc(F)cc2F)c1. The van der Waals surface area contributed by atoms with Crippen LogP contribution in [0.2, 0.25) is 0 Å². The molecular formula is C14H11BrF2N2O. The lowest BCUT2D eigenvalue weighted by Gasteiger charge is -2.11. The van der Waals surface area contributed by atoms with Crippen molar-refractivity contribution in [1.82, 2.24) is 0 Å². The number of rotatable bonds is 2. The smallest absolute Gasteiger partial charge is 0.256 e. The van der Waals surface area contributed by atoms with Gasteiger partial charge in [-0.3, -0.25) is 4.79 Å². The Morgan fingerprint density at radius 3 is 2.60 bits per heavy atom. The fraction of sp³-hybridized carbons (Fsp3) is 0.0714. The van der Waals surface area contributed by atoms with Gasteiger partial charge in [0.1, 0.15) is 11.5 Å². The largest absolute Gasteiger partial charge is 0.397 e. The fourth-order valence-corrected chi connectivity index (χ4v) is 2.15. The highest BCUT2D eigenvalue weighted by molar-refractivity contribution is 9.10. The predicted molar refractivity (Wildman–Crippen MR) is 77.6 cm³/mol. The summed E-state index contributed by atoms with van der Waals surface area (Å²) in [4.78, 5) is 12.1. The van der Waals surface area contributed by atoms with Gasteiger partial charge in [-0.25, -0.2) is 8.78 Å². The number of hydrogen-bond donors (Lipinski definition) is 2. The Balaban J connectivity index is 2.35. The number of nitrogens with one attached hydrogen (secondary N) is 1. The molecule has 0 radical (unpaired) electrons. The second-order valence-electron chi connectivity index (χ2n) is 4.29. The van der Waals surface area contributed by atoms with Crippen LogP contribution in [-0.4, -0.2) is 5.91 Å². The van der Waals surface area contributed by atoms with Crippen LogP contribution in [-0.2, 0) is 0 Å². The first-order valence-electron chi connectivity index (χ1n) is 5.70. The molecule has 6 heteroatoms. The lowest BCUT2D eigenvalue weighted by atomic mass is 10.1. The number of nitrogens with two attached hydrogens (primary N) is 1. The number of nitrogen functional groups attached to an aromatic ring is 1.